The molecule has 2 aromatic rings. The van der Waals surface area contributed by atoms with E-state index in [0.717, 1.165) is 11.3 Å². The van der Waals surface area contributed by atoms with Crippen molar-refractivity contribution in [1.82, 2.24) is 5.32 Å². The molecule has 0 saturated carbocycles. The molecule has 1 aliphatic rings. The number of nitrogens with one attached hydrogen (secondary N) is 1. The lowest BCUT2D eigenvalue weighted by Gasteiger charge is -2.26. The van der Waals surface area contributed by atoms with E-state index in [0.29, 0.717) is 24.7 Å². The summed E-state index contributed by atoms with van der Waals surface area (Å²) in [5.41, 5.74) is 2.33. The quantitative estimate of drug-likeness (QED) is 0.917. The van der Waals surface area contributed by atoms with Gasteiger partial charge in [-0.05, 0) is 49.2 Å². The largest absolute Gasteiger partial charge is 0.486 e. The second kappa shape index (κ2) is 7.25. The van der Waals surface area contributed by atoms with E-state index in [2.05, 4.69) is 5.32 Å². The number of ether oxygens (including phenoxy) is 3. The maximum atomic E-state index is 11.9. The molecule has 0 radical (unpaired) electrons. The Morgan fingerprint density at radius 3 is 2.75 bits per heavy atom. The van der Waals surface area contributed by atoms with Crippen LogP contribution in [0.25, 0.3) is 0 Å². The molecular weight excluding hydrogens is 306 g/mol. The summed E-state index contributed by atoms with van der Waals surface area (Å²) in [4.78, 5) is 11.9. The fourth-order valence-corrected chi connectivity index (χ4v) is 2.39. The minimum atomic E-state index is -0.203. The lowest BCUT2D eigenvalue weighted by Crippen LogP contribution is -2.42. The Kier molecular flexibility index (Phi) is 4.89. The van der Waals surface area contributed by atoms with Gasteiger partial charge in [-0.2, -0.15) is 0 Å². The minimum absolute atomic E-state index is 0.0212. The van der Waals surface area contributed by atoms with Crippen molar-refractivity contribution in [1.29, 1.82) is 0 Å². The predicted molar refractivity (Wildman–Crippen MR) is 90.8 cm³/mol. The maximum absolute atomic E-state index is 11.9. The number of hydrogen-bond donors (Lipinski definition) is 1. The van der Waals surface area contributed by atoms with Gasteiger partial charge in [-0.3, -0.25) is 4.79 Å². The van der Waals surface area contributed by atoms with Crippen LogP contribution >= 0.6 is 0 Å². The molecule has 1 amide bonds. The van der Waals surface area contributed by atoms with Crippen LogP contribution in [0.5, 0.6) is 17.2 Å². The number of para-hydroxylation sites is 2. The van der Waals surface area contributed by atoms with Gasteiger partial charge in [0.25, 0.3) is 5.91 Å². The van der Waals surface area contributed by atoms with Crippen LogP contribution in [0.4, 0.5) is 0 Å². The van der Waals surface area contributed by atoms with E-state index < -0.39 is 0 Å². The zero-order chi connectivity index (χ0) is 16.9. The van der Waals surface area contributed by atoms with E-state index in [9.17, 15) is 4.79 Å². The summed E-state index contributed by atoms with van der Waals surface area (Å²) in [6.07, 6.45) is -0.203. The van der Waals surface area contributed by atoms with Crippen molar-refractivity contribution in [3.05, 3.63) is 53.6 Å². The number of benzene rings is 2. The van der Waals surface area contributed by atoms with E-state index in [4.69, 9.17) is 14.2 Å². The van der Waals surface area contributed by atoms with Crippen LogP contribution in [0.1, 0.15) is 11.1 Å². The highest BCUT2D eigenvalue weighted by molar-refractivity contribution is 5.77. The molecule has 0 aromatic heterocycles. The van der Waals surface area contributed by atoms with E-state index in [1.54, 1.807) is 0 Å². The first-order chi connectivity index (χ1) is 11.6. The molecule has 126 valence electrons. The number of aryl methyl sites for hydroxylation is 2. The number of hydrogen-bond acceptors (Lipinski definition) is 4. The fourth-order valence-electron chi connectivity index (χ4n) is 2.39. The Bertz CT molecular complexity index is 729. The van der Waals surface area contributed by atoms with E-state index in [-0.39, 0.29) is 18.6 Å². The van der Waals surface area contributed by atoms with Gasteiger partial charge in [0.1, 0.15) is 18.5 Å². The van der Waals surface area contributed by atoms with Crippen LogP contribution in [0.3, 0.4) is 0 Å². The molecule has 0 bridgehead atoms. The second-order valence-electron chi connectivity index (χ2n) is 5.84. The third-order valence-electron chi connectivity index (χ3n) is 3.94. The van der Waals surface area contributed by atoms with Crippen LogP contribution in [-0.4, -0.2) is 31.8 Å². The monoisotopic (exact) mass is 327 g/mol. The Balaban J connectivity index is 1.44. The first-order valence-electron chi connectivity index (χ1n) is 7.97. The summed E-state index contributed by atoms with van der Waals surface area (Å²) in [6, 6.07) is 13.3. The molecule has 1 N–H and O–H groups in total. The summed E-state index contributed by atoms with van der Waals surface area (Å²) < 4.78 is 16.9. The van der Waals surface area contributed by atoms with Crippen LogP contribution in [0, 0.1) is 13.8 Å². The first-order valence-corrected chi connectivity index (χ1v) is 7.97. The molecule has 3 rings (SSSR count). The van der Waals surface area contributed by atoms with Gasteiger partial charge in [-0.15, -0.1) is 0 Å². The van der Waals surface area contributed by atoms with Crippen molar-refractivity contribution in [3.8, 4) is 17.2 Å². The average molecular weight is 327 g/mol. The lowest BCUT2D eigenvalue weighted by molar-refractivity contribution is -0.123. The molecule has 1 heterocycles. The normalized spacial score (nSPS) is 15.7. The van der Waals surface area contributed by atoms with Gasteiger partial charge < -0.3 is 19.5 Å². The highest BCUT2D eigenvalue weighted by atomic mass is 16.6. The fraction of sp³-hybridized carbons (Fsp3) is 0.316. The summed E-state index contributed by atoms with van der Waals surface area (Å²) in [5.74, 6) is 1.95. The highest BCUT2D eigenvalue weighted by Gasteiger charge is 2.21. The van der Waals surface area contributed by atoms with Crippen LogP contribution in [0.2, 0.25) is 0 Å². The zero-order valence-electron chi connectivity index (χ0n) is 13.9. The molecule has 24 heavy (non-hydrogen) atoms. The van der Waals surface area contributed by atoms with Gasteiger partial charge in [-0.1, -0.05) is 18.2 Å². The molecular formula is C19H21NO4. The molecule has 5 heteroatoms. The molecule has 1 atom stereocenters. The number of carbonyl (C=O) groups is 1. The van der Waals surface area contributed by atoms with E-state index >= 15 is 0 Å². The second-order valence-corrected chi connectivity index (χ2v) is 5.84. The average Bonchev–Trinajstić information content (AvgIpc) is 2.60. The molecule has 2 aromatic carbocycles. The van der Waals surface area contributed by atoms with Gasteiger partial charge in [-0.25, -0.2) is 0 Å². The predicted octanol–water partition coefficient (Wildman–Crippen LogP) is 2.64. The number of fused-ring (bicyclic) bond motifs is 1. The molecule has 0 unspecified atom stereocenters. The van der Waals surface area contributed by atoms with Gasteiger partial charge in [0.2, 0.25) is 0 Å². The summed E-state index contributed by atoms with van der Waals surface area (Å²) in [5, 5.41) is 2.81. The molecule has 0 aliphatic carbocycles. The summed E-state index contributed by atoms with van der Waals surface area (Å²) >= 11 is 0. The smallest absolute Gasteiger partial charge is 0.258 e. The molecule has 5 nitrogen and oxygen atoms in total. The standard InChI is InChI=1S/C19H21NO4/c1-13-7-8-15(9-14(13)2)22-12-19(21)20-10-16-11-23-17-5-3-4-6-18(17)24-16/h3-9,16H,10-12H2,1-2H3,(H,20,21)/t16-/m0/s1. The van der Waals surface area contributed by atoms with Gasteiger partial charge in [0.15, 0.2) is 18.1 Å². The minimum Gasteiger partial charge on any atom is -0.486 e. The lowest BCUT2D eigenvalue weighted by atomic mass is 10.1. The van der Waals surface area contributed by atoms with Crippen molar-refractivity contribution >= 4 is 5.91 Å². The maximum Gasteiger partial charge on any atom is 0.258 e. The first kappa shape index (κ1) is 16.2. The Labute approximate surface area is 141 Å². The van der Waals surface area contributed by atoms with Crippen LogP contribution in [-0.2, 0) is 4.79 Å². The number of carbonyl (C=O) groups excluding carboxylic acids is 1. The van der Waals surface area contributed by atoms with E-state index in [1.165, 1.54) is 5.56 Å². The number of amides is 1. The summed E-state index contributed by atoms with van der Waals surface area (Å²) in [7, 11) is 0. The molecule has 0 saturated heterocycles. The molecule has 1 aliphatic heterocycles. The Hall–Kier alpha value is -2.69. The van der Waals surface area contributed by atoms with Crippen LogP contribution in [0.15, 0.2) is 42.5 Å². The highest BCUT2D eigenvalue weighted by Crippen LogP contribution is 2.30. The molecule has 0 spiro atoms. The topological polar surface area (TPSA) is 56.8 Å². The van der Waals surface area contributed by atoms with Gasteiger partial charge in [0.05, 0.1) is 6.54 Å². The third kappa shape index (κ3) is 3.98. The SMILES string of the molecule is Cc1ccc(OCC(=O)NC[C@H]2COc3ccccc3O2)cc1C. The van der Waals surface area contributed by atoms with Gasteiger partial charge in [0, 0.05) is 0 Å². The zero-order valence-corrected chi connectivity index (χ0v) is 13.9. The van der Waals surface area contributed by atoms with Crippen LogP contribution < -0.4 is 19.5 Å². The van der Waals surface area contributed by atoms with Crippen molar-refractivity contribution in [2.45, 2.75) is 20.0 Å². The van der Waals surface area contributed by atoms with Crippen molar-refractivity contribution in [2.24, 2.45) is 0 Å². The van der Waals surface area contributed by atoms with Gasteiger partial charge >= 0.3 is 0 Å². The van der Waals surface area contributed by atoms with Crippen molar-refractivity contribution in [3.63, 3.8) is 0 Å². The summed E-state index contributed by atoms with van der Waals surface area (Å²) in [6.45, 7) is 4.82. The third-order valence-corrected chi connectivity index (χ3v) is 3.94. The van der Waals surface area contributed by atoms with Crippen molar-refractivity contribution < 1.29 is 19.0 Å². The molecule has 0 fully saturated rings. The number of rotatable bonds is 5. The van der Waals surface area contributed by atoms with E-state index in [1.807, 2.05) is 56.3 Å². The van der Waals surface area contributed by atoms with Crippen molar-refractivity contribution in [2.75, 3.05) is 19.8 Å². The Morgan fingerprint density at radius 2 is 1.96 bits per heavy atom. The Morgan fingerprint density at radius 1 is 1.17 bits per heavy atom.